The Labute approximate surface area is 158 Å². The third kappa shape index (κ3) is 2.96. The summed E-state index contributed by atoms with van der Waals surface area (Å²) in [6, 6.07) is 12.8. The molecule has 0 bridgehead atoms. The van der Waals surface area contributed by atoms with Crippen LogP contribution in [0.1, 0.15) is 45.2 Å². The van der Waals surface area contributed by atoms with Crippen molar-refractivity contribution in [3.05, 3.63) is 59.2 Å². The van der Waals surface area contributed by atoms with Gasteiger partial charge in [-0.15, -0.1) is 0 Å². The van der Waals surface area contributed by atoms with Crippen LogP contribution in [-0.4, -0.2) is 49.0 Å². The van der Waals surface area contributed by atoms with E-state index < -0.39 is 0 Å². The highest BCUT2D eigenvalue weighted by molar-refractivity contribution is 6.21. The van der Waals surface area contributed by atoms with E-state index in [1.165, 1.54) is 4.90 Å². The molecule has 2 aromatic carbocycles. The minimum atomic E-state index is -0.223. The van der Waals surface area contributed by atoms with Crippen LogP contribution in [0.25, 0.3) is 0 Å². The average molecular weight is 366 g/mol. The van der Waals surface area contributed by atoms with Crippen LogP contribution in [0.3, 0.4) is 0 Å². The average Bonchev–Trinajstić information content (AvgIpc) is 3.26. The van der Waals surface area contributed by atoms with Gasteiger partial charge in [-0.2, -0.15) is 0 Å². The molecule has 0 aromatic heterocycles. The van der Waals surface area contributed by atoms with Crippen molar-refractivity contribution in [1.82, 2.24) is 9.80 Å². The molecule has 1 fully saturated rings. The van der Waals surface area contributed by atoms with Crippen LogP contribution in [-0.2, 0) is 0 Å². The van der Waals surface area contributed by atoms with Gasteiger partial charge < -0.3 is 9.47 Å². The number of nitrogens with zero attached hydrogens (tertiary/aromatic N) is 2. The van der Waals surface area contributed by atoms with E-state index in [4.69, 9.17) is 9.47 Å². The molecule has 0 radical (unpaired) electrons. The van der Waals surface area contributed by atoms with Crippen molar-refractivity contribution >= 4 is 11.8 Å². The maximum Gasteiger partial charge on any atom is 0.262 e. The number of carbonyl (C=O) groups is 2. The smallest absolute Gasteiger partial charge is 0.262 e. The maximum atomic E-state index is 12.7. The monoisotopic (exact) mass is 366 g/mol. The topological polar surface area (TPSA) is 59.1 Å². The van der Waals surface area contributed by atoms with Gasteiger partial charge in [-0.3, -0.25) is 19.4 Å². The molecule has 140 valence electrons. The molecule has 0 N–H and O–H groups in total. The lowest BCUT2D eigenvalue weighted by Gasteiger charge is -2.29. The van der Waals surface area contributed by atoms with Crippen molar-refractivity contribution in [2.75, 3.05) is 27.4 Å². The fraction of sp³-hybridized carbons (Fsp3) is 0.333. The van der Waals surface area contributed by atoms with Crippen molar-refractivity contribution in [2.24, 2.45) is 0 Å². The predicted molar refractivity (Wildman–Crippen MR) is 100 cm³/mol. The van der Waals surface area contributed by atoms with Gasteiger partial charge in [-0.1, -0.05) is 12.1 Å². The molecule has 2 amide bonds. The van der Waals surface area contributed by atoms with Crippen LogP contribution in [0.15, 0.2) is 42.5 Å². The molecule has 6 nitrogen and oxygen atoms in total. The van der Waals surface area contributed by atoms with Crippen molar-refractivity contribution in [2.45, 2.75) is 18.9 Å². The lowest BCUT2D eigenvalue weighted by Crippen LogP contribution is -2.41. The van der Waals surface area contributed by atoms with E-state index in [1.807, 2.05) is 18.2 Å². The normalized spacial score (nSPS) is 19.5. The fourth-order valence-electron chi connectivity index (χ4n) is 4.00. The van der Waals surface area contributed by atoms with Crippen LogP contribution in [0.4, 0.5) is 0 Å². The highest BCUT2D eigenvalue weighted by atomic mass is 16.5. The van der Waals surface area contributed by atoms with E-state index in [2.05, 4.69) is 4.90 Å². The predicted octanol–water partition coefficient (Wildman–Crippen LogP) is 3.09. The molecular weight excluding hydrogens is 344 g/mol. The largest absolute Gasteiger partial charge is 0.497 e. The zero-order chi connectivity index (χ0) is 19.0. The number of fused-ring (bicyclic) bond motifs is 1. The molecular formula is C21H22N2O4. The van der Waals surface area contributed by atoms with E-state index in [-0.39, 0.29) is 24.5 Å². The number of carbonyl (C=O) groups excluding carboxylic acids is 2. The second-order valence-electron chi connectivity index (χ2n) is 6.80. The van der Waals surface area contributed by atoms with Crippen LogP contribution >= 0.6 is 0 Å². The standard InChI is InChI=1S/C21H22N2O4/c1-26-14-9-10-19(27-2)17(12-14)18-8-5-11-22(18)13-23-20(24)15-6-3-4-7-16(15)21(23)25/h3-4,6-7,9-10,12,18H,5,8,11,13H2,1-2H3. The summed E-state index contributed by atoms with van der Waals surface area (Å²) >= 11 is 0. The SMILES string of the molecule is COc1ccc(OC)c(C2CCCN2CN2C(=O)c3ccccc3C2=O)c1. The fourth-order valence-corrected chi connectivity index (χ4v) is 4.00. The summed E-state index contributed by atoms with van der Waals surface area (Å²) in [4.78, 5) is 28.9. The van der Waals surface area contributed by atoms with Crippen LogP contribution < -0.4 is 9.47 Å². The zero-order valence-electron chi connectivity index (χ0n) is 15.5. The molecule has 27 heavy (non-hydrogen) atoms. The van der Waals surface area contributed by atoms with E-state index >= 15 is 0 Å². The van der Waals surface area contributed by atoms with Crippen LogP contribution in [0.5, 0.6) is 11.5 Å². The van der Waals surface area contributed by atoms with E-state index in [1.54, 1.807) is 38.5 Å². The maximum absolute atomic E-state index is 12.7. The number of imide groups is 1. The summed E-state index contributed by atoms with van der Waals surface area (Å²) in [7, 11) is 3.28. The number of amides is 2. The molecule has 0 spiro atoms. The third-order valence-corrected chi connectivity index (χ3v) is 5.36. The minimum absolute atomic E-state index is 0.0689. The van der Waals surface area contributed by atoms with Gasteiger partial charge in [0.15, 0.2) is 0 Å². The molecule has 2 aliphatic rings. The molecule has 0 aliphatic carbocycles. The first-order chi connectivity index (χ1) is 13.1. The molecule has 1 unspecified atom stereocenters. The Morgan fingerprint density at radius 1 is 1.00 bits per heavy atom. The lowest BCUT2D eigenvalue weighted by molar-refractivity contribution is 0.0525. The van der Waals surface area contributed by atoms with E-state index in [0.29, 0.717) is 11.1 Å². The molecule has 2 aliphatic heterocycles. The summed E-state index contributed by atoms with van der Waals surface area (Å²) in [6.45, 7) is 1.09. The van der Waals surface area contributed by atoms with Gasteiger partial charge in [0.1, 0.15) is 11.5 Å². The summed E-state index contributed by atoms with van der Waals surface area (Å²) in [6.07, 6.45) is 1.93. The van der Waals surface area contributed by atoms with Crippen LogP contribution in [0, 0.1) is 0 Å². The minimum Gasteiger partial charge on any atom is -0.497 e. The molecule has 4 rings (SSSR count). The molecule has 1 saturated heterocycles. The van der Waals surface area contributed by atoms with Gasteiger partial charge in [0.2, 0.25) is 0 Å². The van der Waals surface area contributed by atoms with Crippen molar-refractivity contribution in [3.63, 3.8) is 0 Å². The van der Waals surface area contributed by atoms with E-state index in [9.17, 15) is 9.59 Å². The zero-order valence-corrected chi connectivity index (χ0v) is 15.5. The number of likely N-dealkylation sites (tertiary alicyclic amines) is 1. The Bertz CT molecular complexity index is 861. The summed E-state index contributed by atoms with van der Waals surface area (Å²) in [5, 5.41) is 0. The Kier molecular flexibility index (Phi) is 4.58. The Morgan fingerprint density at radius 3 is 2.33 bits per heavy atom. The quantitative estimate of drug-likeness (QED) is 0.761. The Hall–Kier alpha value is -2.86. The third-order valence-electron chi connectivity index (χ3n) is 5.36. The summed E-state index contributed by atoms with van der Waals surface area (Å²) in [5.41, 5.74) is 1.99. The highest BCUT2D eigenvalue weighted by Gasteiger charge is 2.38. The Balaban J connectivity index is 1.60. The first-order valence-electron chi connectivity index (χ1n) is 9.05. The Morgan fingerprint density at radius 2 is 1.70 bits per heavy atom. The lowest BCUT2D eigenvalue weighted by atomic mass is 10.0. The van der Waals surface area contributed by atoms with Gasteiger partial charge in [0.05, 0.1) is 32.0 Å². The van der Waals surface area contributed by atoms with Crippen molar-refractivity contribution in [1.29, 1.82) is 0 Å². The number of rotatable bonds is 5. The van der Waals surface area contributed by atoms with E-state index in [0.717, 1.165) is 36.4 Å². The van der Waals surface area contributed by atoms with Gasteiger partial charge >= 0.3 is 0 Å². The second kappa shape index (κ2) is 7.04. The molecule has 2 heterocycles. The van der Waals surface area contributed by atoms with Gasteiger partial charge in [0.25, 0.3) is 11.8 Å². The molecule has 6 heteroatoms. The number of methoxy groups -OCH3 is 2. The second-order valence-corrected chi connectivity index (χ2v) is 6.80. The number of hydrogen-bond donors (Lipinski definition) is 0. The first-order valence-corrected chi connectivity index (χ1v) is 9.05. The van der Waals surface area contributed by atoms with Gasteiger partial charge in [-0.25, -0.2) is 0 Å². The molecule has 2 aromatic rings. The van der Waals surface area contributed by atoms with Gasteiger partial charge in [-0.05, 0) is 43.2 Å². The summed E-state index contributed by atoms with van der Waals surface area (Å²) < 4.78 is 10.9. The first kappa shape index (κ1) is 17.5. The van der Waals surface area contributed by atoms with Crippen molar-refractivity contribution < 1.29 is 19.1 Å². The van der Waals surface area contributed by atoms with Crippen LogP contribution in [0.2, 0.25) is 0 Å². The van der Waals surface area contributed by atoms with Crippen molar-refractivity contribution in [3.8, 4) is 11.5 Å². The molecule has 1 atom stereocenters. The van der Waals surface area contributed by atoms with Gasteiger partial charge in [0, 0.05) is 18.2 Å². The molecule has 0 saturated carbocycles. The number of ether oxygens (including phenoxy) is 2. The highest BCUT2D eigenvalue weighted by Crippen LogP contribution is 2.39. The number of benzene rings is 2. The summed E-state index contributed by atoms with van der Waals surface area (Å²) in [5.74, 6) is 1.10. The number of hydrogen-bond acceptors (Lipinski definition) is 5.